The Hall–Kier alpha value is -2.20. The highest BCUT2D eigenvalue weighted by Crippen LogP contribution is 2.14. The van der Waals surface area contributed by atoms with E-state index in [-0.39, 0.29) is 26.2 Å². The molecule has 10 nitrogen and oxygen atoms in total. The van der Waals surface area contributed by atoms with Gasteiger partial charge in [-0.25, -0.2) is 0 Å². The van der Waals surface area contributed by atoms with Crippen molar-refractivity contribution in [3.63, 3.8) is 0 Å². The second-order valence-corrected chi connectivity index (χ2v) is 4.98. The number of piperazine rings is 1. The molecule has 0 aromatic rings. The molecular weight excluding hydrogens is 300 g/mol. The monoisotopic (exact) mass is 318 g/mol. The third-order valence-corrected chi connectivity index (χ3v) is 3.54. The fourth-order valence-corrected chi connectivity index (χ4v) is 2.44. The van der Waals surface area contributed by atoms with Crippen molar-refractivity contribution >= 4 is 23.9 Å². The number of aliphatic carboxylic acids is 4. The van der Waals surface area contributed by atoms with Crippen LogP contribution >= 0.6 is 0 Å². The van der Waals surface area contributed by atoms with Crippen molar-refractivity contribution in [2.45, 2.75) is 24.9 Å². The zero-order valence-corrected chi connectivity index (χ0v) is 11.7. The van der Waals surface area contributed by atoms with Crippen LogP contribution in [0.5, 0.6) is 0 Å². The van der Waals surface area contributed by atoms with Crippen molar-refractivity contribution in [2.24, 2.45) is 0 Å². The molecule has 10 heteroatoms. The van der Waals surface area contributed by atoms with Crippen LogP contribution in [0.4, 0.5) is 0 Å². The number of rotatable bonds is 8. The Morgan fingerprint density at radius 3 is 1.14 bits per heavy atom. The van der Waals surface area contributed by atoms with Gasteiger partial charge in [0.05, 0.1) is 12.8 Å². The van der Waals surface area contributed by atoms with Crippen molar-refractivity contribution in [2.75, 3.05) is 26.2 Å². The zero-order valence-electron chi connectivity index (χ0n) is 11.7. The normalized spacial score (nSPS) is 19.3. The standard InChI is InChI=1S/C12H18N2O8/c15-9(16)5-7(11(19)20)13-1-2-14(4-3-13)8(12(21)22)6-10(17)18/h7-8H,1-6H2,(H,15,16)(H,17,18)(H,19,20)(H,21,22)/t7-,8+. The molecule has 0 saturated carbocycles. The second kappa shape index (κ2) is 7.71. The van der Waals surface area contributed by atoms with Gasteiger partial charge in [-0.15, -0.1) is 0 Å². The van der Waals surface area contributed by atoms with Gasteiger partial charge in [-0.05, 0) is 0 Å². The van der Waals surface area contributed by atoms with Crippen molar-refractivity contribution < 1.29 is 39.6 Å². The first-order chi connectivity index (χ1) is 10.2. The summed E-state index contributed by atoms with van der Waals surface area (Å²) in [6.45, 7) is 0.641. The molecule has 1 heterocycles. The lowest BCUT2D eigenvalue weighted by Gasteiger charge is -2.39. The maximum absolute atomic E-state index is 11.1. The second-order valence-electron chi connectivity index (χ2n) is 4.98. The van der Waals surface area contributed by atoms with Crippen LogP contribution in [0.3, 0.4) is 0 Å². The van der Waals surface area contributed by atoms with Crippen molar-refractivity contribution in [1.29, 1.82) is 0 Å². The summed E-state index contributed by atoms with van der Waals surface area (Å²) >= 11 is 0. The molecule has 22 heavy (non-hydrogen) atoms. The Morgan fingerprint density at radius 2 is 0.955 bits per heavy atom. The van der Waals surface area contributed by atoms with E-state index in [0.29, 0.717) is 0 Å². The van der Waals surface area contributed by atoms with E-state index >= 15 is 0 Å². The Balaban J connectivity index is 2.67. The van der Waals surface area contributed by atoms with Gasteiger partial charge in [0.25, 0.3) is 0 Å². The largest absolute Gasteiger partial charge is 0.481 e. The highest BCUT2D eigenvalue weighted by atomic mass is 16.4. The Morgan fingerprint density at radius 1 is 0.682 bits per heavy atom. The summed E-state index contributed by atoms with van der Waals surface area (Å²) in [5.41, 5.74) is 0. The third-order valence-electron chi connectivity index (χ3n) is 3.54. The van der Waals surface area contributed by atoms with Crippen LogP contribution in [-0.2, 0) is 19.2 Å². The maximum Gasteiger partial charge on any atom is 0.321 e. The molecule has 0 bridgehead atoms. The van der Waals surface area contributed by atoms with Gasteiger partial charge < -0.3 is 20.4 Å². The molecule has 0 aromatic carbocycles. The minimum Gasteiger partial charge on any atom is -0.481 e. The first kappa shape index (κ1) is 17.9. The van der Waals surface area contributed by atoms with Crippen LogP contribution < -0.4 is 0 Å². The van der Waals surface area contributed by atoms with Gasteiger partial charge in [0.15, 0.2) is 0 Å². The quantitative estimate of drug-likeness (QED) is 0.413. The molecule has 1 saturated heterocycles. The van der Waals surface area contributed by atoms with E-state index in [0.717, 1.165) is 0 Å². The topological polar surface area (TPSA) is 156 Å². The van der Waals surface area contributed by atoms with Crippen molar-refractivity contribution in [3.8, 4) is 0 Å². The number of hydrogen-bond acceptors (Lipinski definition) is 6. The molecule has 124 valence electrons. The van der Waals surface area contributed by atoms with Gasteiger partial charge >= 0.3 is 23.9 Å². The number of carboxylic acids is 4. The molecule has 0 aromatic heterocycles. The van der Waals surface area contributed by atoms with Gasteiger partial charge in [-0.1, -0.05) is 0 Å². The number of nitrogens with zero attached hydrogens (tertiary/aromatic N) is 2. The van der Waals surface area contributed by atoms with E-state index in [2.05, 4.69) is 0 Å². The number of carboxylic acid groups (broad SMARTS) is 4. The van der Waals surface area contributed by atoms with Crippen LogP contribution in [0.15, 0.2) is 0 Å². The minimum absolute atomic E-state index is 0.160. The molecule has 0 radical (unpaired) electrons. The van der Waals surface area contributed by atoms with Crippen LogP contribution in [-0.4, -0.2) is 92.4 Å². The average Bonchev–Trinajstić information content (AvgIpc) is 2.41. The molecule has 1 aliphatic heterocycles. The molecule has 4 N–H and O–H groups in total. The molecule has 1 aliphatic rings. The Bertz CT molecular complexity index is 416. The van der Waals surface area contributed by atoms with Crippen molar-refractivity contribution in [3.05, 3.63) is 0 Å². The van der Waals surface area contributed by atoms with Gasteiger partial charge in [-0.2, -0.15) is 0 Å². The lowest BCUT2D eigenvalue weighted by Crippen LogP contribution is -2.57. The summed E-state index contributed by atoms with van der Waals surface area (Å²) in [6, 6.07) is -2.36. The molecule has 1 fully saturated rings. The van der Waals surface area contributed by atoms with Crippen LogP contribution in [0.25, 0.3) is 0 Å². The predicted octanol–water partition coefficient (Wildman–Crippen LogP) is -1.54. The zero-order chi connectivity index (χ0) is 16.9. The van der Waals surface area contributed by atoms with Crippen molar-refractivity contribution in [1.82, 2.24) is 9.80 Å². The first-order valence-electron chi connectivity index (χ1n) is 6.59. The van der Waals surface area contributed by atoms with Gasteiger partial charge in [0.1, 0.15) is 12.1 Å². The molecule has 1 rings (SSSR count). The summed E-state index contributed by atoms with van der Waals surface area (Å²) in [7, 11) is 0. The fraction of sp³-hybridized carbons (Fsp3) is 0.667. The highest BCUT2D eigenvalue weighted by molar-refractivity contribution is 5.81. The van der Waals surface area contributed by atoms with Gasteiger partial charge in [0, 0.05) is 26.2 Å². The molecule has 0 spiro atoms. The summed E-state index contributed by atoms with van der Waals surface area (Å²) in [4.78, 5) is 46.5. The SMILES string of the molecule is O=C(O)C[C@H](C(=O)O)N1CCN([C@@H](CC(=O)O)C(=O)O)CC1. The maximum atomic E-state index is 11.1. The summed E-state index contributed by atoms with van der Waals surface area (Å²) in [5.74, 6) is -4.97. The molecule has 2 atom stereocenters. The third kappa shape index (κ3) is 4.97. The first-order valence-corrected chi connectivity index (χ1v) is 6.59. The van der Waals surface area contributed by atoms with E-state index in [1.807, 2.05) is 0 Å². The summed E-state index contributed by atoms with van der Waals surface area (Å²) < 4.78 is 0. The van der Waals surface area contributed by atoms with E-state index in [9.17, 15) is 19.2 Å². The average molecular weight is 318 g/mol. The van der Waals surface area contributed by atoms with E-state index in [4.69, 9.17) is 20.4 Å². The molecular formula is C12H18N2O8. The van der Waals surface area contributed by atoms with E-state index in [1.54, 1.807) is 0 Å². The van der Waals surface area contributed by atoms with Crippen LogP contribution in [0.2, 0.25) is 0 Å². The Kier molecular flexibility index (Phi) is 6.25. The number of carbonyl (C=O) groups is 4. The van der Waals surface area contributed by atoms with E-state index in [1.165, 1.54) is 9.80 Å². The molecule has 0 aliphatic carbocycles. The molecule has 0 unspecified atom stereocenters. The van der Waals surface area contributed by atoms with Gasteiger partial charge in [0.2, 0.25) is 0 Å². The van der Waals surface area contributed by atoms with Gasteiger partial charge in [-0.3, -0.25) is 29.0 Å². The highest BCUT2D eigenvalue weighted by Gasteiger charge is 2.35. The Labute approximate surface area is 125 Å². The minimum atomic E-state index is -1.25. The summed E-state index contributed by atoms with van der Waals surface area (Å²) in [6.07, 6.45) is -1.10. The summed E-state index contributed by atoms with van der Waals surface area (Å²) in [5, 5.41) is 35.6. The lowest BCUT2D eigenvalue weighted by atomic mass is 10.1. The number of hydrogen-bond donors (Lipinski definition) is 4. The van der Waals surface area contributed by atoms with Crippen LogP contribution in [0, 0.1) is 0 Å². The van der Waals surface area contributed by atoms with Crippen LogP contribution in [0.1, 0.15) is 12.8 Å². The smallest absolute Gasteiger partial charge is 0.321 e. The fourth-order valence-electron chi connectivity index (χ4n) is 2.44. The predicted molar refractivity (Wildman–Crippen MR) is 70.5 cm³/mol. The van der Waals surface area contributed by atoms with E-state index < -0.39 is 48.8 Å². The molecule has 0 amide bonds. The lowest BCUT2D eigenvalue weighted by molar-refractivity contribution is -0.153.